The quantitative estimate of drug-likeness (QED) is 0.652. The summed E-state index contributed by atoms with van der Waals surface area (Å²) in [6.45, 7) is 1.55. The number of rotatable bonds is 6. The van der Waals surface area contributed by atoms with E-state index in [1.807, 2.05) is 42.5 Å². The minimum Gasteiger partial charge on any atom is -0.493 e. The molecule has 1 saturated heterocycles. The predicted molar refractivity (Wildman–Crippen MR) is 121 cm³/mol. The van der Waals surface area contributed by atoms with Crippen LogP contribution >= 0.6 is 0 Å². The van der Waals surface area contributed by atoms with Crippen molar-refractivity contribution in [3.05, 3.63) is 60.8 Å². The molecular formula is C24H26N4O3. The summed E-state index contributed by atoms with van der Waals surface area (Å²) < 4.78 is 10.6. The third-order valence-corrected chi connectivity index (χ3v) is 5.51. The van der Waals surface area contributed by atoms with E-state index in [1.54, 1.807) is 32.5 Å². The number of piperidine rings is 1. The molecule has 4 rings (SSSR count). The standard InChI is InChI=1S/C24H26N4O3/c1-30-20-9-8-19(16-21(20)31-2)26-24(29)18-11-14-28(15-12-18)22-10-13-25-23(27-22)17-6-4-3-5-7-17/h3-10,13,16,18H,11-12,14-15H2,1-2H3,(H,26,29). The molecule has 2 aromatic carbocycles. The van der Waals surface area contributed by atoms with E-state index in [0.717, 1.165) is 37.3 Å². The first-order chi connectivity index (χ1) is 15.2. The molecule has 0 aliphatic carbocycles. The Bertz CT molecular complexity index is 1030. The highest BCUT2D eigenvalue weighted by Crippen LogP contribution is 2.30. The Kier molecular flexibility index (Phi) is 6.31. The summed E-state index contributed by atoms with van der Waals surface area (Å²) in [5.74, 6) is 2.82. The maximum Gasteiger partial charge on any atom is 0.227 e. The van der Waals surface area contributed by atoms with Gasteiger partial charge in [-0.1, -0.05) is 30.3 Å². The zero-order chi connectivity index (χ0) is 21.6. The Labute approximate surface area is 182 Å². The molecular weight excluding hydrogens is 392 g/mol. The highest BCUT2D eigenvalue weighted by Gasteiger charge is 2.26. The van der Waals surface area contributed by atoms with Gasteiger partial charge in [0.25, 0.3) is 0 Å². The van der Waals surface area contributed by atoms with Gasteiger partial charge in [0.15, 0.2) is 17.3 Å². The van der Waals surface area contributed by atoms with Gasteiger partial charge in [-0.15, -0.1) is 0 Å². The van der Waals surface area contributed by atoms with Gasteiger partial charge in [0.1, 0.15) is 5.82 Å². The van der Waals surface area contributed by atoms with Crippen molar-refractivity contribution in [2.24, 2.45) is 5.92 Å². The van der Waals surface area contributed by atoms with Crippen LogP contribution in [0.2, 0.25) is 0 Å². The van der Waals surface area contributed by atoms with Crippen molar-refractivity contribution in [3.63, 3.8) is 0 Å². The maximum atomic E-state index is 12.8. The Morgan fingerprint density at radius 1 is 1.00 bits per heavy atom. The number of methoxy groups -OCH3 is 2. The fraction of sp³-hybridized carbons (Fsp3) is 0.292. The number of carbonyl (C=O) groups is 1. The van der Waals surface area contributed by atoms with Gasteiger partial charge in [-0.2, -0.15) is 0 Å². The summed E-state index contributed by atoms with van der Waals surface area (Å²) in [6, 6.07) is 17.3. The highest BCUT2D eigenvalue weighted by molar-refractivity contribution is 5.93. The second-order valence-corrected chi connectivity index (χ2v) is 7.42. The fourth-order valence-electron chi connectivity index (χ4n) is 3.78. The fourth-order valence-corrected chi connectivity index (χ4v) is 3.78. The molecule has 0 spiro atoms. The number of hydrogen-bond acceptors (Lipinski definition) is 6. The molecule has 1 N–H and O–H groups in total. The number of amides is 1. The Balaban J connectivity index is 1.37. The van der Waals surface area contributed by atoms with E-state index in [4.69, 9.17) is 14.5 Å². The van der Waals surface area contributed by atoms with Gasteiger partial charge in [0.05, 0.1) is 14.2 Å². The van der Waals surface area contributed by atoms with Gasteiger partial charge in [-0.25, -0.2) is 9.97 Å². The van der Waals surface area contributed by atoms with E-state index in [2.05, 4.69) is 15.2 Å². The van der Waals surface area contributed by atoms with E-state index < -0.39 is 0 Å². The second-order valence-electron chi connectivity index (χ2n) is 7.42. The average molecular weight is 418 g/mol. The van der Waals surface area contributed by atoms with E-state index in [1.165, 1.54) is 0 Å². The van der Waals surface area contributed by atoms with E-state index >= 15 is 0 Å². The summed E-state index contributed by atoms with van der Waals surface area (Å²) in [7, 11) is 3.17. The highest BCUT2D eigenvalue weighted by atomic mass is 16.5. The van der Waals surface area contributed by atoms with Gasteiger partial charge in [0.2, 0.25) is 5.91 Å². The first kappa shape index (κ1) is 20.7. The lowest BCUT2D eigenvalue weighted by Gasteiger charge is -2.32. The number of aromatic nitrogens is 2. The molecule has 1 aromatic heterocycles. The molecule has 160 valence electrons. The number of anilines is 2. The van der Waals surface area contributed by atoms with Gasteiger partial charge >= 0.3 is 0 Å². The normalized spacial score (nSPS) is 14.2. The van der Waals surface area contributed by atoms with E-state index in [-0.39, 0.29) is 11.8 Å². The zero-order valence-corrected chi connectivity index (χ0v) is 17.7. The van der Waals surface area contributed by atoms with Crippen molar-refractivity contribution in [1.82, 2.24) is 9.97 Å². The molecule has 31 heavy (non-hydrogen) atoms. The topological polar surface area (TPSA) is 76.6 Å². The van der Waals surface area contributed by atoms with Crippen molar-refractivity contribution in [1.29, 1.82) is 0 Å². The molecule has 7 heteroatoms. The lowest BCUT2D eigenvalue weighted by atomic mass is 9.95. The van der Waals surface area contributed by atoms with Crippen molar-refractivity contribution in [2.45, 2.75) is 12.8 Å². The van der Waals surface area contributed by atoms with E-state index in [0.29, 0.717) is 23.0 Å². The summed E-state index contributed by atoms with van der Waals surface area (Å²) in [5, 5.41) is 3.00. The maximum absolute atomic E-state index is 12.8. The zero-order valence-electron chi connectivity index (χ0n) is 17.7. The van der Waals surface area contributed by atoms with Crippen LogP contribution in [-0.2, 0) is 4.79 Å². The number of carbonyl (C=O) groups excluding carboxylic acids is 1. The molecule has 0 unspecified atom stereocenters. The molecule has 3 aromatic rings. The Morgan fingerprint density at radius 2 is 1.74 bits per heavy atom. The lowest BCUT2D eigenvalue weighted by Crippen LogP contribution is -2.38. The Morgan fingerprint density at radius 3 is 2.45 bits per heavy atom. The van der Waals surface area contributed by atoms with Gasteiger partial charge in [-0.3, -0.25) is 4.79 Å². The number of nitrogens with zero attached hydrogens (tertiary/aromatic N) is 3. The van der Waals surface area contributed by atoms with E-state index in [9.17, 15) is 4.79 Å². The first-order valence-electron chi connectivity index (χ1n) is 10.3. The lowest BCUT2D eigenvalue weighted by molar-refractivity contribution is -0.120. The van der Waals surface area contributed by atoms with Gasteiger partial charge < -0.3 is 19.7 Å². The Hall–Kier alpha value is -3.61. The number of nitrogens with one attached hydrogen (secondary N) is 1. The van der Waals surface area contributed by atoms with Crippen LogP contribution in [0.25, 0.3) is 11.4 Å². The number of hydrogen-bond donors (Lipinski definition) is 1. The molecule has 0 saturated carbocycles. The summed E-state index contributed by atoms with van der Waals surface area (Å²) >= 11 is 0. The molecule has 0 atom stereocenters. The van der Waals surface area contributed by atoms with Crippen LogP contribution in [0.4, 0.5) is 11.5 Å². The summed E-state index contributed by atoms with van der Waals surface area (Å²) in [4.78, 5) is 24.1. The molecule has 1 fully saturated rings. The molecule has 1 amide bonds. The van der Waals surface area contributed by atoms with Crippen LogP contribution in [0, 0.1) is 5.92 Å². The molecule has 2 heterocycles. The third-order valence-electron chi connectivity index (χ3n) is 5.51. The van der Waals surface area contributed by atoms with Crippen LogP contribution in [0.5, 0.6) is 11.5 Å². The van der Waals surface area contributed by atoms with Crippen LogP contribution in [0.15, 0.2) is 60.8 Å². The number of ether oxygens (including phenoxy) is 2. The van der Waals surface area contributed by atoms with Gasteiger partial charge in [0, 0.05) is 42.5 Å². The number of benzene rings is 2. The molecule has 0 bridgehead atoms. The monoisotopic (exact) mass is 418 g/mol. The summed E-state index contributed by atoms with van der Waals surface area (Å²) in [6.07, 6.45) is 3.33. The largest absolute Gasteiger partial charge is 0.493 e. The van der Waals surface area contributed by atoms with Crippen LogP contribution in [0.3, 0.4) is 0 Å². The molecule has 1 aliphatic rings. The average Bonchev–Trinajstić information content (AvgIpc) is 2.84. The van der Waals surface area contributed by atoms with Crippen molar-refractivity contribution in [3.8, 4) is 22.9 Å². The predicted octanol–water partition coefficient (Wildman–Crippen LogP) is 4.02. The minimum absolute atomic E-state index is 0.0273. The third kappa shape index (κ3) is 4.77. The molecule has 7 nitrogen and oxygen atoms in total. The second kappa shape index (κ2) is 9.47. The summed E-state index contributed by atoms with van der Waals surface area (Å²) in [5.41, 5.74) is 1.70. The SMILES string of the molecule is COc1ccc(NC(=O)C2CCN(c3ccnc(-c4ccccc4)n3)CC2)cc1OC. The smallest absolute Gasteiger partial charge is 0.227 e. The van der Waals surface area contributed by atoms with Crippen LogP contribution < -0.4 is 19.7 Å². The molecule has 0 radical (unpaired) electrons. The first-order valence-corrected chi connectivity index (χ1v) is 10.3. The van der Waals surface area contributed by atoms with Crippen LogP contribution in [0.1, 0.15) is 12.8 Å². The van der Waals surface area contributed by atoms with Crippen molar-refractivity contribution < 1.29 is 14.3 Å². The molecule has 1 aliphatic heterocycles. The minimum atomic E-state index is -0.0419. The van der Waals surface area contributed by atoms with Crippen molar-refractivity contribution in [2.75, 3.05) is 37.5 Å². The van der Waals surface area contributed by atoms with Gasteiger partial charge in [-0.05, 0) is 31.0 Å². The van der Waals surface area contributed by atoms with Crippen molar-refractivity contribution >= 4 is 17.4 Å². The van der Waals surface area contributed by atoms with Crippen LogP contribution in [-0.4, -0.2) is 43.2 Å².